The van der Waals surface area contributed by atoms with Crippen LogP contribution in [-0.2, 0) is 6.54 Å². The molecule has 1 N–H and O–H groups in total. The lowest BCUT2D eigenvalue weighted by molar-refractivity contribution is 0.0229. The van der Waals surface area contributed by atoms with Gasteiger partial charge in [0.15, 0.2) is 0 Å². The summed E-state index contributed by atoms with van der Waals surface area (Å²) in [4.78, 5) is 9.58. The summed E-state index contributed by atoms with van der Waals surface area (Å²) < 4.78 is 5.48. The highest BCUT2D eigenvalue weighted by Crippen LogP contribution is 2.28. The van der Waals surface area contributed by atoms with Crippen LogP contribution in [0.1, 0.15) is 38.0 Å². The molecule has 2 aromatic rings. The number of piperazine rings is 1. The Morgan fingerprint density at radius 2 is 1.92 bits per heavy atom. The molecule has 1 unspecified atom stereocenters. The minimum atomic E-state index is 0.250. The molecule has 6 heteroatoms. The maximum absolute atomic E-state index is 9.50. The van der Waals surface area contributed by atoms with Gasteiger partial charge in [-0.25, -0.2) is 0 Å². The molecule has 140 valence electrons. The molecule has 1 saturated carbocycles. The first-order chi connectivity index (χ1) is 12.8. The molecule has 26 heavy (non-hydrogen) atoms. The van der Waals surface area contributed by atoms with Crippen LogP contribution in [0.4, 0.5) is 0 Å². The van der Waals surface area contributed by atoms with Gasteiger partial charge in [0.2, 0.25) is 11.7 Å². The molecule has 1 aliphatic heterocycles. The molecule has 1 aromatic heterocycles. The largest absolute Gasteiger partial charge is 0.396 e. The van der Waals surface area contributed by atoms with E-state index in [1.54, 1.807) is 0 Å². The molecular formula is C20H28N4O2. The minimum Gasteiger partial charge on any atom is -0.396 e. The van der Waals surface area contributed by atoms with E-state index in [1.165, 1.54) is 25.7 Å². The van der Waals surface area contributed by atoms with Crippen LogP contribution < -0.4 is 0 Å². The second kappa shape index (κ2) is 8.29. The van der Waals surface area contributed by atoms with Crippen LogP contribution in [0.25, 0.3) is 11.4 Å². The van der Waals surface area contributed by atoms with Crippen LogP contribution in [0.2, 0.25) is 0 Å². The second-order valence-corrected chi connectivity index (χ2v) is 7.46. The maximum Gasteiger partial charge on any atom is 0.241 e. The van der Waals surface area contributed by atoms with E-state index in [-0.39, 0.29) is 6.61 Å². The highest BCUT2D eigenvalue weighted by Gasteiger charge is 2.33. The monoisotopic (exact) mass is 356 g/mol. The van der Waals surface area contributed by atoms with Crippen LogP contribution in [0, 0.1) is 0 Å². The lowest BCUT2D eigenvalue weighted by atomic mass is 10.0. The molecule has 0 amide bonds. The first kappa shape index (κ1) is 17.6. The Morgan fingerprint density at radius 3 is 2.69 bits per heavy atom. The fourth-order valence-corrected chi connectivity index (χ4v) is 4.41. The number of hydrogen-bond acceptors (Lipinski definition) is 6. The van der Waals surface area contributed by atoms with Gasteiger partial charge in [-0.15, -0.1) is 0 Å². The zero-order valence-electron chi connectivity index (χ0n) is 15.3. The zero-order chi connectivity index (χ0) is 17.8. The molecule has 0 bridgehead atoms. The van der Waals surface area contributed by atoms with Crippen molar-refractivity contribution in [1.82, 2.24) is 19.9 Å². The summed E-state index contributed by atoms with van der Waals surface area (Å²) in [7, 11) is 0. The van der Waals surface area contributed by atoms with Gasteiger partial charge in [-0.05, 0) is 19.3 Å². The van der Waals surface area contributed by atoms with E-state index in [9.17, 15) is 5.11 Å². The van der Waals surface area contributed by atoms with Gasteiger partial charge in [0.25, 0.3) is 0 Å². The van der Waals surface area contributed by atoms with Crippen molar-refractivity contribution in [3.05, 3.63) is 36.2 Å². The third-order valence-electron chi connectivity index (χ3n) is 5.73. The van der Waals surface area contributed by atoms with Crippen molar-refractivity contribution in [1.29, 1.82) is 0 Å². The second-order valence-electron chi connectivity index (χ2n) is 7.46. The molecule has 2 fully saturated rings. The van der Waals surface area contributed by atoms with Crippen molar-refractivity contribution in [2.45, 2.75) is 50.7 Å². The Hall–Kier alpha value is -1.76. The van der Waals surface area contributed by atoms with Crippen LogP contribution in [0.5, 0.6) is 0 Å². The lowest BCUT2D eigenvalue weighted by Gasteiger charge is -2.44. The molecule has 0 radical (unpaired) electrons. The van der Waals surface area contributed by atoms with Gasteiger partial charge in [-0.3, -0.25) is 9.80 Å². The minimum absolute atomic E-state index is 0.250. The SMILES string of the molecule is OCCC1CN(Cc2nc(-c3ccccc3)no2)CCN1C1CCCC1. The number of aliphatic hydroxyl groups excluding tert-OH is 1. The molecule has 1 atom stereocenters. The predicted molar refractivity (Wildman–Crippen MR) is 99.5 cm³/mol. The standard InChI is InChI=1S/C20H28N4O2/c25-13-10-18-14-23(11-12-24(18)17-8-4-5-9-17)15-19-21-20(22-26-19)16-6-2-1-3-7-16/h1-3,6-7,17-18,25H,4-5,8-15H2. The smallest absolute Gasteiger partial charge is 0.241 e. The number of hydrogen-bond donors (Lipinski definition) is 1. The fraction of sp³-hybridized carbons (Fsp3) is 0.600. The quantitative estimate of drug-likeness (QED) is 0.858. The molecule has 1 saturated heterocycles. The van der Waals surface area contributed by atoms with Crippen molar-refractivity contribution < 1.29 is 9.63 Å². The number of nitrogens with zero attached hydrogens (tertiary/aromatic N) is 4. The summed E-state index contributed by atoms with van der Waals surface area (Å²) in [5.41, 5.74) is 0.978. The van der Waals surface area contributed by atoms with Crippen molar-refractivity contribution in [2.75, 3.05) is 26.2 Å². The van der Waals surface area contributed by atoms with Crippen molar-refractivity contribution in [3.8, 4) is 11.4 Å². The Labute approximate surface area is 154 Å². The third kappa shape index (κ3) is 3.98. The first-order valence-electron chi connectivity index (χ1n) is 9.80. The van der Waals surface area contributed by atoms with Gasteiger partial charge >= 0.3 is 0 Å². The van der Waals surface area contributed by atoms with Gasteiger partial charge < -0.3 is 9.63 Å². The molecule has 2 heterocycles. The average molecular weight is 356 g/mol. The van der Waals surface area contributed by atoms with E-state index >= 15 is 0 Å². The average Bonchev–Trinajstić information content (AvgIpc) is 3.35. The van der Waals surface area contributed by atoms with E-state index in [4.69, 9.17) is 4.52 Å². The summed E-state index contributed by atoms with van der Waals surface area (Å²) >= 11 is 0. The van der Waals surface area contributed by atoms with Crippen LogP contribution in [0.3, 0.4) is 0 Å². The van der Waals surface area contributed by atoms with Crippen molar-refractivity contribution in [3.63, 3.8) is 0 Å². The molecule has 1 aliphatic carbocycles. The van der Waals surface area contributed by atoms with Crippen LogP contribution >= 0.6 is 0 Å². The van der Waals surface area contributed by atoms with Crippen LogP contribution in [-0.4, -0.2) is 63.4 Å². The Balaban J connectivity index is 1.39. The van der Waals surface area contributed by atoms with Gasteiger partial charge in [0.05, 0.1) is 6.54 Å². The van der Waals surface area contributed by atoms with Gasteiger partial charge in [-0.2, -0.15) is 4.98 Å². The Bertz CT molecular complexity index is 684. The third-order valence-corrected chi connectivity index (χ3v) is 5.73. The molecule has 1 aromatic carbocycles. The van der Waals surface area contributed by atoms with Gasteiger partial charge in [-0.1, -0.05) is 48.3 Å². The summed E-state index contributed by atoms with van der Waals surface area (Å²) in [6.45, 7) is 3.97. The highest BCUT2D eigenvalue weighted by molar-refractivity contribution is 5.53. The van der Waals surface area contributed by atoms with Gasteiger partial charge in [0.1, 0.15) is 0 Å². The predicted octanol–water partition coefficient (Wildman–Crippen LogP) is 2.55. The van der Waals surface area contributed by atoms with Crippen molar-refractivity contribution >= 4 is 0 Å². The van der Waals surface area contributed by atoms with E-state index in [1.807, 2.05) is 30.3 Å². The topological polar surface area (TPSA) is 65.6 Å². The molecule has 4 rings (SSSR count). The summed E-state index contributed by atoms with van der Waals surface area (Å²) in [6, 6.07) is 11.1. The van der Waals surface area contributed by atoms with Crippen molar-refractivity contribution in [2.24, 2.45) is 0 Å². The number of benzene rings is 1. The number of aromatic nitrogens is 2. The molecule has 6 nitrogen and oxygen atoms in total. The highest BCUT2D eigenvalue weighted by atomic mass is 16.5. The normalized spacial score (nSPS) is 22.9. The summed E-state index contributed by atoms with van der Waals surface area (Å²) in [5, 5.41) is 13.6. The van der Waals surface area contributed by atoms with E-state index in [0.29, 0.717) is 30.3 Å². The first-order valence-corrected chi connectivity index (χ1v) is 9.80. The van der Waals surface area contributed by atoms with Gasteiger partial charge in [0, 0.05) is 43.9 Å². The number of aliphatic hydroxyl groups is 1. The Morgan fingerprint density at radius 1 is 1.12 bits per heavy atom. The van der Waals surface area contributed by atoms with E-state index < -0.39 is 0 Å². The molecule has 0 spiro atoms. The van der Waals surface area contributed by atoms with Crippen LogP contribution in [0.15, 0.2) is 34.9 Å². The Kier molecular flexibility index (Phi) is 5.62. The lowest BCUT2D eigenvalue weighted by Crippen LogP contribution is -2.56. The number of rotatable bonds is 6. The fourth-order valence-electron chi connectivity index (χ4n) is 4.41. The van der Waals surface area contributed by atoms with E-state index in [2.05, 4.69) is 19.9 Å². The maximum atomic E-state index is 9.50. The molecular weight excluding hydrogens is 328 g/mol. The summed E-state index contributed by atoms with van der Waals surface area (Å²) in [6.07, 6.45) is 6.16. The molecule has 2 aliphatic rings. The summed E-state index contributed by atoms with van der Waals surface area (Å²) in [5.74, 6) is 1.32. The zero-order valence-corrected chi connectivity index (χ0v) is 15.3. The van der Waals surface area contributed by atoms with E-state index in [0.717, 1.165) is 31.6 Å².